The topological polar surface area (TPSA) is 82.0 Å². The molecule has 1 aromatic heterocycles. The lowest BCUT2D eigenvalue weighted by atomic mass is 10.2. The fraction of sp³-hybridized carbons (Fsp3) is 0.286. The summed E-state index contributed by atoms with van der Waals surface area (Å²) in [6, 6.07) is 1.04. The maximum atomic E-state index is 12.3. The van der Waals surface area contributed by atoms with Crippen LogP contribution in [0.15, 0.2) is 10.5 Å². The number of hydrogen-bond donors (Lipinski definition) is 1. The SMILES string of the molecule is NCc1cc(C(F)F)nc([N+](=O)[O-])c1Br. The van der Waals surface area contributed by atoms with E-state index in [9.17, 15) is 18.9 Å². The molecule has 0 amide bonds. The molecule has 0 radical (unpaired) electrons. The molecule has 0 aromatic carbocycles. The van der Waals surface area contributed by atoms with Gasteiger partial charge in [-0.3, -0.25) is 0 Å². The molecule has 0 fully saturated rings. The third-order valence-electron chi connectivity index (χ3n) is 1.65. The van der Waals surface area contributed by atoms with E-state index in [1.807, 2.05) is 0 Å². The van der Waals surface area contributed by atoms with Crippen molar-refractivity contribution < 1.29 is 13.7 Å². The van der Waals surface area contributed by atoms with Crippen molar-refractivity contribution in [1.82, 2.24) is 4.98 Å². The van der Waals surface area contributed by atoms with Crippen molar-refractivity contribution in [3.63, 3.8) is 0 Å². The normalized spacial score (nSPS) is 10.7. The quantitative estimate of drug-likeness (QED) is 0.680. The average Bonchev–Trinajstić information content (AvgIpc) is 2.17. The Labute approximate surface area is 91.6 Å². The lowest BCUT2D eigenvalue weighted by Gasteiger charge is -2.03. The van der Waals surface area contributed by atoms with Crippen molar-refractivity contribution in [3.05, 3.63) is 31.9 Å². The summed E-state index contributed by atoms with van der Waals surface area (Å²) in [6.07, 6.45) is -2.86. The molecule has 8 heteroatoms. The molecule has 0 saturated heterocycles. The Hall–Kier alpha value is -1.15. The number of nitro groups is 1. The maximum absolute atomic E-state index is 12.3. The average molecular weight is 282 g/mol. The van der Waals surface area contributed by atoms with Gasteiger partial charge in [0.2, 0.25) is 5.69 Å². The summed E-state index contributed by atoms with van der Waals surface area (Å²) < 4.78 is 24.7. The van der Waals surface area contributed by atoms with Crippen molar-refractivity contribution in [3.8, 4) is 0 Å². The fourth-order valence-corrected chi connectivity index (χ4v) is 1.48. The molecule has 0 bridgehead atoms. The zero-order valence-electron chi connectivity index (χ0n) is 7.28. The predicted molar refractivity (Wildman–Crippen MR) is 51.4 cm³/mol. The Balaban J connectivity index is 3.38. The maximum Gasteiger partial charge on any atom is 0.378 e. The molecular formula is C7H6BrF2N3O2. The van der Waals surface area contributed by atoms with Gasteiger partial charge in [0.15, 0.2) is 0 Å². The van der Waals surface area contributed by atoms with Crippen LogP contribution < -0.4 is 5.73 Å². The standard InChI is InChI=1S/C7H6BrF2N3O2/c8-5-3(2-11)1-4(6(9)10)12-7(5)13(14)15/h1,6H,2,11H2. The highest BCUT2D eigenvalue weighted by molar-refractivity contribution is 9.10. The van der Waals surface area contributed by atoms with Gasteiger partial charge in [-0.25, -0.2) is 8.78 Å². The minimum atomic E-state index is -2.86. The Morgan fingerprint density at radius 3 is 2.67 bits per heavy atom. The summed E-state index contributed by atoms with van der Waals surface area (Å²) in [5, 5.41) is 10.5. The number of nitrogens with two attached hydrogens (primary N) is 1. The second-order valence-corrected chi connectivity index (χ2v) is 3.40. The van der Waals surface area contributed by atoms with Gasteiger partial charge in [0.05, 0.1) is 0 Å². The number of rotatable bonds is 3. The highest BCUT2D eigenvalue weighted by Gasteiger charge is 2.24. The molecule has 5 nitrogen and oxygen atoms in total. The molecule has 0 saturated carbocycles. The van der Waals surface area contributed by atoms with E-state index in [-0.39, 0.29) is 16.6 Å². The van der Waals surface area contributed by atoms with Crippen LogP contribution in [-0.4, -0.2) is 9.91 Å². The first-order chi connectivity index (χ1) is 6.97. The van der Waals surface area contributed by atoms with Gasteiger partial charge in [-0.15, -0.1) is 0 Å². The molecule has 1 heterocycles. The number of pyridine rings is 1. The van der Waals surface area contributed by atoms with Crippen LogP contribution in [0.5, 0.6) is 0 Å². The van der Waals surface area contributed by atoms with Gasteiger partial charge < -0.3 is 15.8 Å². The Bertz CT molecular complexity index is 400. The molecule has 1 aromatic rings. The highest BCUT2D eigenvalue weighted by atomic mass is 79.9. The van der Waals surface area contributed by atoms with E-state index >= 15 is 0 Å². The monoisotopic (exact) mass is 281 g/mol. The van der Waals surface area contributed by atoms with Crippen molar-refractivity contribution in [2.24, 2.45) is 5.73 Å². The zero-order valence-corrected chi connectivity index (χ0v) is 8.87. The van der Waals surface area contributed by atoms with Crippen LogP contribution in [-0.2, 0) is 6.54 Å². The van der Waals surface area contributed by atoms with Crippen LogP contribution in [0.4, 0.5) is 14.6 Å². The summed E-state index contributed by atoms with van der Waals surface area (Å²) in [5.41, 5.74) is 4.84. The molecule has 0 spiro atoms. The lowest BCUT2D eigenvalue weighted by Crippen LogP contribution is -2.05. The fourth-order valence-electron chi connectivity index (χ4n) is 0.970. The van der Waals surface area contributed by atoms with E-state index in [0.29, 0.717) is 0 Å². The third-order valence-corrected chi connectivity index (χ3v) is 2.52. The Morgan fingerprint density at radius 2 is 2.27 bits per heavy atom. The van der Waals surface area contributed by atoms with E-state index in [1.54, 1.807) is 0 Å². The number of aromatic nitrogens is 1. The Kier molecular flexibility index (Phi) is 3.64. The lowest BCUT2D eigenvalue weighted by molar-refractivity contribution is -0.390. The number of alkyl halides is 2. The first-order valence-electron chi connectivity index (χ1n) is 3.79. The first kappa shape index (κ1) is 11.9. The van der Waals surface area contributed by atoms with E-state index < -0.39 is 22.9 Å². The molecule has 0 aliphatic heterocycles. The number of nitrogens with zero attached hydrogens (tertiary/aromatic N) is 2. The highest BCUT2D eigenvalue weighted by Crippen LogP contribution is 2.30. The van der Waals surface area contributed by atoms with E-state index in [2.05, 4.69) is 20.9 Å². The van der Waals surface area contributed by atoms with Crippen LogP contribution in [0.3, 0.4) is 0 Å². The largest absolute Gasteiger partial charge is 0.378 e. The second-order valence-electron chi connectivity index (χ2n) is 2.61. The summed E-state index contributed by atoms with van der Waals surface area (Å²) in [4.78, 5) is 12.9. The van der Waals surface area contributed by atoms with E-state index in [1.165, 1.54) is 0 Å². The van der Waals surface area contributed by atoms with Crippen LogP contribution in [0.25, 0.3) is 0 Å². The minimum Gasteiger partial charge on any atom is -0.358 e. The van der Waals surface area contributed by atoms with Gasteiger partial charge in [0.1, 0.15) is 4.47 Å². The molecule has 1 rings (SSSR count). The molecule has 0 aliphatic rings. The van der Waals surface area contributed by atoms with E-state index in [4.69, 9.17) is 5.73 Å². The van der Waals surface area contributed by atoms with Gasteiger partial charge in [0.25, 0.3) is 0 Å². The van der Waals surface area contributed by atoms with Crippen LogP contribution in [0.1, 0.15) is 17.7 Å². The molecule has 82 valence electrons. The van der Waals surface area contributed by atoms with Crippen LogP contribution in [0, 0.1) is 10.1 Å². The summed E-state index contributed by atoms with van der Waals surface area (Å²) in [7, 11) is 0. The Morgan fingerprint density at radius 1 is 1.67 bits per heavy atom. The smallest absolute Gasteiger partial charge is 0.358 e. The van der Waals surface area contributed by atoms with Gasteiger partial charge in [-0.2, -0.15) is 0 Å². The minimum absolute atomic E-state index is 0.0411. The summed E-state index contributed by atoms with van der Waals surface area (Å²) in [5.74, 6) is -0.645. The molecule has 2 N–H and O–H groups in total. The van der Waals surface area contributed by atoms with Gasteiger partial charge >= 0.3 is 12.2 Å². The molecule has 0 atom stereocenters. The molecular weight excluding hydrogens is 276 g/mol. The van der Waals surface area contributed by atoms with Crippen molar-refractivity contribution >= 4 is 21.7 Å². The summed E-state index contributed by atoms with van der Waals surface area (Å²) >= 11 is 2.90. The molecule has 0 aliphatic carbocycles. The third kappa shape index (κ3) is 2.45. The predicted octanol–water partition coefficient (Wildman–Crippen LogP) is 2.15. The number of halogens is 3. The second kappa shape index (κ2) is 4.58. The van der Waals surface area contributed by atoms with Crippen LogP contribution in [0.2, 0.25) is 0 Å². The van der Waals surface area contributed by atoms with Crippen molar-refractivity contribution in [1.29, 1.82) is 0 Å². The van der Waals surface area contributed by atoms with E-state index in [0.717, 1.165) is 6.07 Å². The van der Waals surface area contributed by atoms with Crippen molar-refractivity contribution in [2.45, 2.75) is 13.0 Å². The van der Waals surface area contributed by atoms with Gasteiger partial charge in [-0.1, -0.05) is 0 Å². The molecule has 0 unspecified atom stereocenters. The first-order valence-corrected chi connectivity index (χ1v) is 4.58. The molecule has 15 heavy (non-hydrogen) atoms. The van der Waals surface area contributed by atoms with Gasteiger partial charge in [0, 0.05) is 6.54 Å². The summed E-state index contributed by atoms with van der Waals surface area (Å²) in [6.45, 7) is -0.0797. The van der Waals surface area contributed by atoms with Gasteiger partial charge in [-0.05, 0) is 37.5 Å². The van der Waals surface area contributed by atoms with Crippen LogP contribution >= 0.6 is 15.9 Å². The zero-order chi connectivity index (χ0) is 11.6. The number of hydrogen-bond acceptors (Lipinski definition) is 4. The van der Waals surface area contributed by atoms with Crippen molar-refractivity contribution in [2.75, 3.05) is 0 Å².